The Hall–Kier alpha value is -5.71. The third-order valence-corrected chi connectivity index (χ3v) is 16.9. The molecule has 0 bridgehead atoms. The average Bonchev–Trinajstić information content (AvgIpc) is 4.21. The van der Waals surface area contributed by atoms with Gasteiger partial charge in [-0.05, 0) is 127 Å². The number of halogens is 4. The molecule has 8 unspecified atom stereocenters. The molecule has 17 nitrogen and oxygen atoms in total. The number of piperidine rings is 2. The normalized spacial score (nSPS) is 23.3. The van der Waals surface area contributed by atoms with Crippen LogP contribution in [0, 0.1) is 35.9 Å². The Bertz CT molecular complexity index is 3090. The van der Waals surface area contributed by atoms with Crippen LogP contribution in [0.2, 0.25) is 15.1 Å². The Morgan fingerprint density at radius 2 is 1.28 bits per heavy atom. The van der Waals surface area contributed by atoms with E-state index in [1.807, 2.05) is 33.0 Å². The fourth-order valence-corrected chi connectivity index (χ4v) is 13.0. The molecular weight excluding hydrogens is 1020 g/mol. The lowest BCUT2D eigenvalue weighted by Gasteiger charge is -2.43. The molecule has 4 aromatic heterocycles. The molecule has 2 aromatic carbocycles. The molecule has 0 spiro atoms. The van der Waals surface area contributed by atoms with Gasteiger partial charge in [0.1, 0.15) is 34.6 Å². The quantitative estimate of drug-likeness (QED) is 0.104. The van der Waals surface area contributed by atoms with Gasteiger partial charge in [0.25, 0.3) is 0 Å². The number of fused-ring (bicyclic) bond motifs is 2. The second-order valence-electron chi connectivity index (χ2n) is 21.0. The number of benzene rings is 2. The van der Waals surface area contributed by atoms with Crippen LogP contribution in [0.1, 0.15) is 127 Å². The first-order chi connectivity index (χ1) is 36.0. The van der Waals surface area contributed by atoms with E-state index >= 15 is 0 Å². The number of aliphatic carboxylic acids is 1. The summed E-state index contributed by atoms with van der Waals surface area (Å²) in [5, 5.41) is 29.5. The number of primary amides is 1. The van der Waals surface area contributed by atoms with Crippen molar-refractivity contribution in [3.63, 3.8) is 0 Å². The van der Waals surface area contributed by atoms with Gasteiger partial charge in [0.05, 0.1) is 30.2 Å². The summed E-state index contributed by atoms with van der Waals surface area (Å²) in [6.45, 7) is 15.8. The highest BCUT2D eigenvalue weighted by atomic mass is 35.5. The van der Waals surface area contributed by atoms with Gasteiger partial charge in [-0.15, -0.1) is 0 Å². The van der Waals surface area contributed by atoms with Crippen LogP contribution in [0.4, 0.5) is 16.0 Å². The molecule has 0 aliphatic carbocycles. The number of carbonyl (C=O) groups is 2. The first-order valence-electron chi connectivity index (χ1n) is 26.3. The number of amides is 1. The number of aromatic nitrogens is 8. The number of anilines is 2. The van der Waals surface area contributed by atoms with Crippen molar-refractivity contribution in [3.05, 3.63) is 92.2 Å². The van der Waals surface area contributed by atoms with E-state index in [9.17, 15) is 19.2 Å². The van der Waals surface area contributed by atoms with Crippen molar-refractivity contribution >= 4 is 80.6 Å². The van der Waals surface area contributed by atoms with E-state index in [1.54, 1.807) is 39.8 Å². The minimum Gasteiger partial charge on any atom is -0.481 e. The predicted octanol–water partition coefficient (Wildman–Crippen LogP) is 9.64. The minimum absolute atomic E-state index is 0.222. The standard InChI is InChI=1S/C27H32Cl2N8O.C27H34ClFN6O2/c1-16-15-35(11-9-23(16)36-10-3-4-19(36)6-8-24(31)38)25-14-32-26-22(13-30)34-37(27(26)33-25)17(2)20-7-5-18(28)12-21(20)29;1-16-15-33(12-10-23(16)34-11-4-5-20(34)7-9-25(36)37)24-14-30-26-17(2)32-35(27(26)31-24)18(3)21-8-6-19(28)13-22(21)29/h5,7,12,14,16-17,19,23H,3-4,6,8-11,15H2,1-2H3,(H2,31,38);6,8,13-14,16,18,20,23H,4-5,7,9-12,15H2,1-3H3,(H,36,37). The van der Waals surface area contributed by atoms with Crippen molar-refractivity contribution < 1.29 is 19.1 Å². The van der Waals surface area contributed by atoms with Gasteiger partial charge < -0.3 is 20.6 Å². The number of likely N-dealkylation sites (tertiary alicyclic amines) is 2. The number of carbonyl (C=O) groups excluding carboxylic acids is 1. The van der Waals surface area contributed by atoms with E-state index in [4.69, 9.17) is 60.6 Å². The van der Waals surface area contributed by atoms with Crippen LogP contribution in [0.15, 0.2) is 48.8 Å². The molecule has 75 heavy (non-hydrogen) atoms. The van der Waals surface area contributed by atoms with Crippen LogP contribution in [0.25, 0.3) is 22.3 Å². The highest BCUT2D eigenvalue weighted by molar-refractivity contribution is 6.35. The number of carboxylic acid groups (broad SMARTS) is 1. The lowest BCUT2D eigenvalue weighted by atomic mass is 9.91. The molecule has 4 aliphatic rings. The molecule has 0 radical (unpaired) electrons. The van der Waals surface area contributed by atoms with Crippen LogP contribution in [0.5, 0.6) is 0 Å². The van der Waals surface area contributed by atoms with Crippen LogP contribution < -0.4 is 15.5 Å². The average molecular weight is 1080 g/mol. The van der Waals surface area contributed by atoms with Crippen LogP contribution in [0.3, 0.4) is 0 Å². The van der Waals surface area contributed by atoms with Crippen LogP contribution in [-0.4, -0.2) is 130 Å². The second kappa shape index (κ2) is 23.3. The van der Waals surface area contributed by atoms with E-state index in [0.717, 1.165) is 107 Å². The highest BCUT2D eigenvalue weighted by Gasteiger charge is 2.39. The number of hydrogen-bond acceptors (Lipinski definition) is 13. The fourth-order valence-electron chi connectivity index (χ4n) is 12.3. The van der Waals surface area contributed by atoms with E-state index < -0.39 is 5.97 Å². The lowest BCUT2D eigenvalue weighted by Crippen LogP contribution is -2.52. The molecule has 3 N–H and O–H groups in total. The molecule has 21 heteroatoms. The largest absolute Gasteiger partial charge is 0.481 e. The smallest absolute Gasteiger partial charge is 0.303 e. The summed E-state index contributed by atoms with van der Waals surface area (Å²) in [5.41, 5.74) is 10.1. The molecule has 8 atom stereocenters. The van der Waals surface area contributed by atoms with Gasteiger partial charge in [-0.2, -0.15) is 15.5 Å². The zero-order valence-corrected chi connectivity index (χ0v) is 45.5. The predicted molar refractivity (Wildman–Crippen MR) is 290 cm³/mol. The topological polar surface area (TPSA) is 204 Å². The number of aryl methyl sites for hydroxylation is 1. The number of nitriles is 1. The molecule has 10 rings (SSSR count). The van der Waals surface area contributed by atoms with E-state index in [2.05, 4.69) is 54.7 Å². The molecule has 398 valence electrons. The SMILES string of the molecule is CC1CN(c2cnc3c(C#N)nn(C(C)c4ccc(Cl)cc4Cl)c3n2)CCC1N1CCCC1CCC(N)=O.Cc1nn(C(C)c2ccc(Cl)cc2F)c2nc(N3CCC(N4CCCC4CCC(=O)O)C(C)C3)cnc12. The summed E-state index contributed by atoms with van der Waals surface area (Å²) < 4.78 is 18.2. The Morgan fingerprint density at radius 3 is 1.81 bits per heavy atom. The van der Waals surface area contributed by atoms with Crippen molar-refractivity contribution in [2.24, 2.45) is 17.6 Å². The molecule has 0 saturated carbocycles. The summed E-state index contributed by atoms with van der Waals surface area (Å²) in [7, 11) is 0. The van der Waals surface area contributed by atoms with Crippen LogP contribution in [-0.2, 0) is 9.59 Å². The number of rotatable bonds is 14. The van der Waals surface area contributed by atoms with Gasteiger partial charge in [-0.3, -0.25) is 19.4 Å². The van der Waals surface area contributed by atoms with E-state index in [-0.39, 0.29) is 35.9 Å². The van der Waals surface area contributed by atoms with Crippen molar-refractivity contribution in [1.29, 1.82) is 5.26 Å². The third kappa shape index (κ3) is 11.7. The first kappa shape index (κ1) is 54.1. The Balaban J connectivity index is 0.000000184. The van der Waals surface area contributed by atoms with Crippen molar-refractivity contribution in [3.8, 4) is 6.07 Å². The maximum atomic E-state index is 14.7. The van der Waals surface area contributed by atoms with Gasteiger partial charge in [-0.1, -0.05) is 60.8 Å². The van der Waals surface area contributed by atoms with Gasteiger partial charge in [0.2, 0.25) is 5.91 Å². The molecular formula is C54H66Cl3FN14O3. The summed E-state index contributed by atoms with van der Waals surface area (Å²) >= 11 is 18.5. The van der Waals surface area contributed by atoms with Gasteiger partial charge >= 0.3 is 5.97 Å². The number of carboxylic acids is 1. The van der Waals surface area contributed by atoms with Crippen molar-refractivity contribution in [1.82, 2.24) is 49.3 Å². The summed E-state index contributed by atoms with van der Waals surface area (Å²) in [6.07, 6.45) is 12.3. The third-order valence-electron chi connectivity index (χ3n) is 16.1. The van der Waals surface area contributed by atoms with Crippen LogP contribution >= 0.6 is 34.8 Å². The Morgan fingerprint density at radius 1 is 0.760 bits per heavy atom. The zero-order valence-electron chi connectivity index (χ0n) is 43.2. The minimum atomic E-state index is -0.716. The molecule has 4 aliphatic heterocycles. The summed E-state index contributed by atoms with van der Waals surface area (Å²) in [5.74, 6) is 1.09. The monoisotopic (exact) mass is 1080 g/mol. The first-order valence-corrected chi connectivity index (χ1v) is 27.4. The Kier molecular flexibility index (Phi) is 16.8. The maximum absolute atomic E-state index is 14.7. The van der Waals surface area contributed by atoms with Gasteiger partial charge in [0, 0.05) is 83.8 Å². The van der Waals surface area contributed by atoms with Crippen molar-refractivity contribution in [2.75, 3.05) is 49.1 Å². The fraction of sp³-hybridized carbons (Fsp3) is 0.537. The van der Waals surface area contributed by atoms with Gasteiger partial charge in [-0.25, -0.2) is 33.7 Å². The molecule has 1 amide bonds. The molecule has 8 heterocycles. The second-order valence-corrected chi connectivity index (χ2v) is 22.3. The van der Waals surface area contributed by atoms with Gasteiger partial charge in [0.15, 0.2) is 17.0 Å². The number of nitrogens with zero attached hydrogens (tertiary/aromatic N) is 13. The highest BCUT2D eigenvalue weighted by Crippen LogP contribution is 2.37. The zero-order chi connectivity index (χ0) is 53.2. The molecule has 4 saturated heterocycles. The number of nitrogens with two attached hydrogens (primary N) is 1. The number of hydrogen-bond donors (Lipinski definition) is 2. The Labute approximate surface area is 452 Å². The summed E-state index contributed by atoms with van der Waals surface area (Å²) in [4.78, 5) is 51.4. The summed E-state index contributed by atoms with van der Waals surface area (Å²) in [6, 6.07) is 13.2. The lowest BCUT2D eigenvalue weighted by molar-refractivity contribution is -0.137. The molecule has 4 fully saturated rings. The van der Waals surface area contributed by atoms with E-state index in [1.165, 1.54) is 12.5 Å². The molecule has 6 aromatic rings. The van der Waals surface area contributed by atoms with E-state index in [0.29, 0.717) is 85.4 Å². The maximum Gasteiger partial charge on any atom is 0.303 e. The van der Waals surface area contributed by atoms with Crippen molar-refractivity contribution in [2.45, 2.75) is 135 Å².